The summed E-state index contributed by atoms with van der Waals surface area (Å²) in [4.78, 5) is 24.9. The second kappa shape index (κ2) is 8.17. The Hall–Kier alpha value is -3.16. The average Bonchev–Trinajstić information content (AvgIpc) is 3.15. The number of rotatable bonds is 5. The molecule has 0 atom stereocenters. The van der Waals surface area contributed by atoms with Crippen LogP contribution >= 0.6 is 0 Å². The lowest BCUT2D eigenvalue weighted by atomic mass is 10.1. The van der Waals surface area contributed by atoms with Crippen LogP contribution < -0.4 is 10.3 Å². The fraction of sp³-hybridized carbons (Fsp3) is 0.333. The van der Waals surface area contributed by atoms with Gasteiger partial charge < -0.3 is 14.1 Å². The molecule has 1 N–H and O–H groups in total. The first kappa shape index (κ1) is 19.8. The molecule has 2 aromatic heterocycles. The van der Waals surface area contributed by atoms with Gasteiger partial charge in [0.1, 0.15) is 22.7 Å². The molecule has 1 fully saturated rings. The summed E-state index contributed by atoms with van der Waals surface area (Å²) >= 11 is 0. The van der Waals surface area contributed by atoms with Crippen molar-refractivity contribution in [3.63, 3.8) is 0 Å². The molecule has 1 saturated heterocycles. The van der Waals surface area contributed by atoms with E-state index in [1.807, 2.05) is 30.3 Å². The fourth-order valence-electron chi connectivity index (χ4n) is 4.31. The summed E-state index contributed by atoms with van der Waals surface area (Å²) in [6.07, 6.45) is 0. The van der Waals surface area contributed by atoms with Gasteiger partial charge in [-0.3, -0.25) is 14.6 Å². The number of para-hydroxylation sites is 1. The zero-order valence-electron chi connectivity index (χ0n) is 17.9. The van der Waals surface area contributed by atoms with Crippen LogP contribution in [0.15, 0.2) is 51.7 Å². The predicted octanol–water partition coefficient (Wildman–Crippen LogP) is 3.30. The van der Waals surface area contributed by atoms with E-state index >= 15 is 0 Å². The quantitative estimate of drug-likeness (QED) is 0.536. The Balaban J connectivity index is 1.28. The highest BCUT2D eigenvalue weighted by molar-refractivity contribution is 6.01. The van der Waals surface area contributed by atoms with Gasteiger partial charge in [-0.2, -0.15) is 0 Å². The number of fused-ring (bicyclic) bond motifs is 3. The average molecular weight is 418 g/mol. The summed E-state index contributed by atoms with van der Waals surface area (Å²) in [6, 6.07) is 13.9. The molecule has 1 aliphatic heterocycles. The number of H-pyrrole nitrogens is 1. The maximum Gasteiger partial charge on any atom is 0.294 e. The van der Waals surface area contributed by atoms with Gasteiger partial charge in [-0.15, -0.1) is 0 Å². The molecule has 0 bridgehead atoms. The Morgan fingerprint density at radius 3 is 2.58 bits per heavy atom. The van der Waals surface area contributed by atoms with Gasteiger partial charge in [0.25, 0.3) is 5.56 Å². The first-order chi connectivity index (χ1) is 15.1. The van der Waals surface area contributed by atoms with Crippen LogP contribution in [0.2, 0.25) is 0 Å². The third kappa shape index (κ3) is 3.94. The second-order valence-electron chi connectivity index (χ2n) is 8.16. The number of nitrogens with one attached hydrogen (secondary N) is 1. The lowest BCUT2D eigenvalue weighted by Crippen LogP contribution is -2.45. The summed E-state index contributed by atoms with van der Waals surface area (Å²) in [7, 11) is 1.72. The van der Waals surface area contributed by atoms with Gasteiger partial charge in [-0.25, -0.2) is 4.98 Å². The van der Waals surface area contributed by atoms with Gasteiger partial charge in [0.05, 0.1) is 13.7 Å². The van der Waals surface area contributed by atoms with Crippen LogP contribution in [0, 0.1) is 6.92 Å². The minimum Gasteiger partial charge on any atom is -0.496 e. The molecule has 2 aromatic carbocycles. The van der Waals surface area contributed by atoms with Crippen molar-refractivity contribution in [1.82, 2.24) is 19.8 Å². The second-order valence-corrected chi connectivity index (χ2v) is 8.16. The van der Waals surface area contributed by atoms with Crippen molar-refractivity contribution in [2.24, 2.45) is 0 Å². The molecule has 0 amide bonds. The number of furan rings is 1. The first-order valence-corrected chi connectivity index (χ1v) is 10.6. The largest absolute Gasteiger partial charge is 0.496 e. The van der Waals surface area contributed by atoms with Gasteiger partial charge in [-0.05, 0) is 25.1 Å². The topological polar surface area (TPSA) is 74.6 Å². The Kier molecular flexibility index (Phi) is 5.21. The number of aryl methyl sites for hydroxylation is 1. The molecule has 7 heteroatoms. The number of hydrogen-bond acceptors (Lipinski definition) is 6. The molecule has 31 heavy (non-hydrogen) atoms. The van der Waals surface area contributed by atoms with Gasteiger partial charge >= 0.3 is 0 Å². The van der Waals surface area contributed by atoms with Crippen molar-refractivity contribution in [3.8, 4) is 5.75 Å². The number of methoxy groups -OCH3 is 1. The van der Waals surface area contributed by atoms with Crippen molar-refractivity contribution < 1.29 is 9.15 Å². The highest BCUT2D eigenvalue weighted by Gasteiger charge is 2.20. The van der Waals surface area contributed by atoms with Gasteiger partial charge in [0.15, 0.2) is 0 Å². The van der Waals surface area contributed by atoms with E-state index in [0.29, 0.717) is 29.1 Å². The third-order valence-electron chi connectivity index (χ3n) is 5.95. The molecule has 5 rings (SSSR count). The molecule has 0 saturated carbocycles. The number of benzene rings is 2. The third-order valence-corrected chi connectivity index (χ3v) is 5.95. The highest BCUT2D eigenvalue weighted by Crippen LogP contribution is 2.25. The van der Waals surface area contributed by atoms with Crippen molar-refractivity contribution in [3.05, 3.63) is 69.8 Å². The van der Waals surface area contributed by atoms with Crippen LogP contribution in [-0.4, -0.2) is 53.1 Å². The van der Waals surface area contributed by atoms with E-state index in [1.165, 1.54) is 11.1 Å². The summed E-state index contributed by atoms with van der Waals surface area (Å²) in [5, 5.41) is 0.877. The van der Waals surface area contributed by atoms with E-state index in [4.69, 9.17) is 14.1 Å². The molecule has 7 nitrogen and oxygen atoms in total. The molecule has 0 aliphatic carbocycles. The number of nitrogens with zero attached hydrogens (tertiary/aromatic N) is 3. The van der Waals surface area contributed by atoms with Gasteiger partial charge in [0.2, 0.25) is 5.58 Å². The van der Waals surface area contributed by atoms with Crippen LogP contribution in [0.3, 0.4) is 0 Å². The Morgan fingerprint density at radius 2 is 1.81 bits per heavy atom. The zero-order chi connectivity index (χ0) is 21.4. The SMILES string of the molecule is COc1ccc(C)cc1CN1CCN(Cc2nc3c(oc4ccccc43)c(=O)[nH]2)CC1. The van der Waals surface area contributed by atoms with Crippen molar-refractivity contribution in [2.45, 2.75) is 20.0 Å². The summed E-state index contributed by atoms with van der Waals surface area (Å²) in [6.45, 7) is 7.35. The monoisotopic (exact) mass is 418 g/mol. The molecular formula is C24H26N4O3. The number of hydrogen-bond donors (Lipinski definition) is 1. The molecular weight excluding hydrogens is 392 g/mol. The van der Waals surface area contributed by atoms with Crippen molar-refractivity contribution in [2.75, 3.05) is 33.3 Å². The molecule has 0 unspecified atom stereocenters. The van der Waals surface area contributed by atoms with Crippen molar-refractivity contribution in [1.29, 1.82) is 0 Å². The Morgan fingerprint density at radius 1 is 1.06 bits per heavy atom. The first-order valence-electron chi connectivity index (χ1n) is 10.6. The van der Waals surface area contributed by atoms with Gasteiger partial charge in [0, 0.05) is 43.7 Å². The molecule has 0 spiro atoms. The number of piperazine rings is 1. The molecule has 0 radical (unpaired) electrons. The summed E-state index contributed by atoms with van der Waals surface area (Å²) in [5.41, 5.74) is 3.86. The zero-order valence-corrected chi connectivity index (χ0v) is 17.9. The van der Waals surface area contributed by atoms with Gasteiger partial charge in [-0.1, -0.05) is 29.8 Å². The molecule has 3 heterocycles. The maximum absolute atomic E-state index is 12.5. The Bertz CT molecular complexity index is 1290. The number of aromatic nitrogens is 2. The van der Waals surface area contributed by atoms with Crippen LogP contribution in [0.5, 0.6) is 5.75 Å². The molecule has 1 aliphatic rings. The van der Waals surface area contributed by atoms with E-state index in [2.05, 4.69) is 33.8 Å². The molecule has 4 aromatic rings. The standard InChI is InChI=1S/C24H26N4O3/c1-16-7-8-19(30-2)17(13-16)14-27-9-11-28(12-10-27)15-21-25-22-18-5-3-4-6-20(18)31-23(22)24(29)26-21/h3-8,13H,9-12,14-15H2,1-2H3,(H,25,26,29). The van der Waals surface area contributed by atoms with E-state index in [1.54, 1.807) is 7.11 Å². The lowest BCUT2D eigenvalue weighted by molar-refractivity contribution is 0.119. The minimum absolute atomic E-state index is 0.221. The van der Waals surface area contributed by atoms with Crippen molar-refractivity contribution >= 4 is 22.1 Å². The van der Waals surface area contributed by atoms with E-state index < -0.39 is 0 Å². The van der Waals surface area contributed by atoms with E-state index in [9.17, 15) is 4.79 Å². The number of ether oxygens (including phenoxy) is 1. The summed E-state index contributed by atoms with van der Waals surface area (Å²) < 4.78 is 11.2. The van der Waals surface area contributed by atoms with E-state index in [0.717, 1.165) is 43.9 Å². The van der Waals surface area contributed by atoms with Crippen LogP contribution in [-0.2, 0) is 13.1 Å². The highest BCUT2D eigenvalue weighted by atomic mass is 16.5. The lowest BCUT2D eigenvalue weighted by Gasteiger charge is -2.34. The summed E-state index contributed by atoms with van der Waals surface area (Å²) in [5.74, 6) is 1.62. The van der Waals surface area contributed by atoms with E-state index in [-0.39, 0.29) is 5.56 Å². The Labute approximate surface area is 180 Å². The predicted molar refractivity (Wildman–Crippen MR) is 120 cm³/mol. The minimum atomic E-state index is -0.221. The fourth-order valence-corrected chi connectivity index (χ4v) is 4.31. The van der Waals surface area contributed by atoms with Crippen LogP contribution in [0.4, 0.5) is 0 Å². The maximum atomic E-state index is 12.5. The number of aromatic amines is 1. The normalized spacial score (nSPS) is 15.7. The van der Waals surface area contributed by atoms with Crippen LogP contribution in [0.1, 0.15) is 17.0 Å². The smallest absolute Gasteiger partial charge is 0.294 e. The van der Waals surface area contributed by atoms with Crippen LogP contribution in [0.25, 0.3) is 22.1 Å². The molecule has 160 valence electrons.